The fourth-order valence-electron chi connectivity index (χ4n) is 1.19. The van der Waals surface area contributed by atoms with Gasteiger partial charge in [0, 0.05) is 15.1 Å². The van der Waals surface area contributed by atoms with E-state index < -0.39 is 23.1 Å². The van der Waals surface area contributed by atoms with E-state index in [1.165, 1.54) is 32.9 Å². The summed E-state index contributed by atoms with van der Waals surface area (Å²) in [4.78, 5) is 11.5. The maximum absolute atomic E-state index is 14.0. The molecule has 2 nitrogen and oxygen atoms in total. The Kier molecular flexibility index (Phi) is 4.38. The van der Waals surface area contributed by atoms with Gasteiger partial charge in [0.1, 0.15) is 5.60 Å². The number of ether oxygens (including phenoxy) is 1. The minimum atomic E-state index is -3.75. The Hall–Kier alpha value is -0.680. The van der Waals surface area contributed by atoms with Crippen LogP contribution in [0.15, 0.2) is 22.7 Å². The molecule has 0 saturated heterocycles. The number of benzene rings is 1. The summed E-state index contributed by atoms with van der Waals surface area (Å²) in [6.45, 7) is 4.57. The summed E-state index contributed by atoms with van der Waals surface area (Å²) in [7, 11) is 0. The van der Waals surface area contributed by atoms with E-state index in [4.69, 9.17) is 16.3 Å². The Labute approximate surface area is 117 Å². The number of hydrogen-bond donors (Lipinski definition) is 0. The molecule has 1 rings (SSSR count). The molecule has 1 aromatic rings. The maximum Gasteiger partial charge on any atom is 0.382 e. The smallest absolute Gasteiger partial charge is 0.382 e. The van der Waals surface area contributed by atoms with Crippen molar-refractivity contribution in [1.82, 2.24) is 0 Å². The molecule has 6 heteroatoms. The fraction of sp³-hybridized carbons (Fsp3) is 0.417. The Balaban J connectivity index is 3.12. The molecular formula is C12H12BrClF2O2. The molecule has 0 aromatic heterocycles. The topological polar surface area (TPSA) is 26.3 Å². The lowest BCUT2D eigenvalue weighted by Crippen LogP contribution is -2.35. The summed E-state index contributed by atoms with van der Waals surface area (Å²) in [6, 6.07) is 3.84. The first-order chi connectivity index (χ1) is 8.04. The third-order valence-electron chi connectivity index (χ3n) is 1.92. The van der Waals surface area contributed by atoms with Gasteiger partial charge in [-0.1, -0.05) is 27.5 Å². The first kappa shape index (κ1) is 15.4. The SMILES string of the molecule is CC(C)(C)OC(=O)C(F)(F)c1cc(Cl)ccc1Br. The number of rotatable bonds is 2. The predicted molar refractivity (Wildman–Crippen MR) is 68.9 cm³/mol. The van der Waals surface area contributed by atoms with Crippen molar-refractivity contribution in [2.75, 3.05) is 0 Å². The molecule has 0 amide bonds. The summed E-state index contributed by atoms with van der Waals surface area (Å²) in [6.07, 6.45) is 0. The lowest BCUT2D eigenvalue weighted by Gasteiger charge is -2.24. The summed E-state index contributed by atoms with van der Waals surface area (Å²) >= 11 is 8.62. The normalized spacial score (nSPS) is 12.4. The van der Waals surface area contributed by atoms with E-state index in [1.54, 1.807) is 0 Å². The molecule has 0 aliphatic carbocycles. The molecule has 0 bridgehead atoms. The number of alkyl halides is 2. The van der Waals surface area contributed by atoms with E-state index >= 15 is 0 Å². The lowest BCUT2D eigenvalue weighted by molar-refractivity contribution is -0.185. The Bertz CT molecular complexity index is 470. The number of carbonyl (C=O) groups is 1. The average Bonchev–Trinajstić information content (AvgIpc) is 2.19. The van der Waals surface area contributed by atoms with Crippen molar-refractivity contribution in [3.63, 3.8) is 0 Å². The van der Waals surface area contributed by atoms with Crippen molar-refractivity contribution >= 4 is 33.5 Å². The van der Waals surface area contributed by atoms with Crippen LogP contribution in [-0.4, -0.2) is 11.6 Å². The van der Waals surface area contributed by atoms with E-state index in [-0.39, 0.29) is 9.50 Å². The van der Waals surface area contributed by atoms with E-state index in [0.29, 0.717) is 0 Å². The van der Waals surface area contributed by atoms with Crippen molar-refractivity contribution < 1.29 is 18.3 Å². The second-order valence-corrected chi connectivity index (χ2v) is 5.99. The quantitative estimate of drug-likeness (QED) is 0.738. The zero-order chi connectivity index (χ0) is 14.1. The summed E-state index contributed by atoms with van der Waals surface area (Å²) in [5.41, 5.74) is -1.49. The van der Waals surface area contributed by atoms with Crippen molar-refractivity contribution in [2.24, 2.45) is 0 Å². The van der Waals surface area contributed by atoms with Crippen LogP contribution in [0.1, 0.15) is 26.3 Å². The van der Waals surface area contributed by atoms with E-state index in [0.717, 1.165) is 6.07 Å². The molecule has 0 aliphatic heterocycles. The van der Waals surface area contributed by atoms with Gasteiger partial charge in [-0.25, -0.2) is 4.79 Å². The minimum Gasteiger partial charge on any atom is -0.455 e. The highest BCUT2D eigenvalue weighted by Gasteiger charge is 2.45. The molecular weight excluding hydrogens is 329 g/mol. The molecule has 0 saturated carbocycles. The van der Waals surface area contributed by atoms with Gasteiger partial charge in [0.2, 0.25) is 0 Å². The van der Waals surface area contributed by atoms with Gasteiger partial charge >= 0.3 is 11.9 Å². The molecule has 0 radical (unpaired) electrons. The van der Waals surface area contributed by atoms with E-state index in [9.17, 15) is 13.6 Å². The Morgan fingerprint density at radius 3 is 2.39 bits per heavy atom. The molecule has 0 spiro atoms. The molecule has 0 unspecified atom stereocenters. The fourth-order valence-corrected chi connectivity index (χ4v) is 1.86. The van der Waals surface area contributed by atoms with Crippen LogP contribution >= 0.6 is 27.5 Å². The van der Waals surface area contributed by atoms with Crippen LogP contribution < -0.4 is 0 Å². The summed E-state index contributed by atoms with van der Waals surface area (Å²) in [5.74, 6) is -5.35. The maximum atomic E-state index is 14.0. The van der Waals surface area contributed by atoms with Crippen molar-refractivity contribution in [2.45, 2.75) is 32.3 Å². The highest BCUT2D eigenvalue weighted by atomic mass is 79.9. The van der Waals surface area contributed by atoms with Gasteiger partial charge < -0.3 is 4.74 Å². The van der Waals surface area contributed by atoms with Gasteiger partial charge in [-0.3, -0.25) is 0 Å². The van der Waals surface area contributed by atoms with Crippen LogP contribution in [0.4, 0.5) is 8.78 Å². The Morgan fingerprint density at radius 1 is 1.33 bits per heavy atom. The van der Waals surface area contributed by atoms with Gasteiger partial charge in [0.15, 0.2) is 0 Å². The standard InChI is InChI=1S/C12H12BrClF2O2/c1-11(2,3)18-10(17)12(15,16)8-6-7(14)4-5-9(8)13/h4-6H,1-3H3. The minimum absolute atomic E-state index is 0.0998. The number of esters is 1. The highest BCUT2D eigenvalue weighted by Crippen LogP contribution is 2.37. The van der Waals surface area contributed by atoms with Crippen LogP contribution in [0.25, 0.3) is 0 Å². The van der Waals surface area contributed by atoms with Gasteiger partial charge in [0.05, 0.1) is 0 Å². The molecule has 0 N–H and O–H groups in total. The van der Waals surface area contributed by atoms with Crippen molar-refractivity contribution in [3.8, 4) is 0 Å². The van der Waals surface area contributed by atoms with Crippen LogP contribution in [0.5, 0.6) is 0 Å². The van der Waals surface area contributed by atoms with Crippen molar-refractivity contribution in [1.29, 1.82) is 0 Å². The average molecular weight is 342 g/mol. The first-order valence-electron chi connectivity index (χ1n) is 5.11. The number of carbonyl (C=O) groups excluding carboxylic acids is 1. The third kappa shape index (κ3) is 3.65. The second kappa shape index (κ2) is 5.13. The molecule has 0 heterocycles. The first-order valence-corrected chi connectivity index (χ1v) is 6.28. The third-order valence-corrected chi connectivity index (χ3v) is 2.85. The molecule has 0 fully saturated rings. The second-order valence-electron chi connectivity index (χ2n) is 4.70. The zero-order valence-corrected chi connectivity index (χ0v) is 12.4. The molecule has 0 aliphatic rings. The van der Waals surface area contributed by atoms with Crippen LogP contribution in [0.2, 0.25) is 5.02 Å². The van der Waals surface area contributed by atoms with Gasteiger partial charge in [0.25, 0.3) is 0 Å². The van der Waals surface area contributed by atoms with E-state index in [2.05, 4.69) is 15.9 Å². The van der Waals surface area contributed by atoms with Gasteiger partial charge in [-0.2, -0.15) is 8.78 Å². The van der Waals surface area contributed by atoms with Gasteiger partial charge in [-0.15, -0.1) is 0 Å². The predicted octanol–water partition coefficient (Wildman–Crippen LogP) is 4.54. The molecule has 18 heavy (non-hydrogen) atoms. The van der Waals surface area contributed by atoms with Crippen LogP contribution in [0, 0.1) is 0 Å². The number of halogens is 4. The van der Waals surface area contributed by atoms with Crippen LogP contribution in [0.3, 0.4) is 0 Å². The van der Waals surface area contributed by atoms with Crippen LogP contribution in [-0.2, 0) is 15.5 Å². The monoisotopic (exact) mass is 340 g/mol. The molecule has 1 aromatic carbocycles. The highest BCUT2D eigenvalue weighted by molar-refractivity contribution is 9.10. The van der Waals surface area contributed by atoms with Crippen molar-refractivity contribution in [3.05, 3.63) is 33.3 Å². The zero-order valence-electron chi connectivity index (χ0n) is 10.1. The van der Waals surface area contributed by atoms with E-state index in [1.807, 2.05) is 0 Å². The summed E-state index contributed by atoms with van der Waals surface area (Å²) < 4.78 is 32.7. The molecule has 100 valence electrons. The van der Waals surface area contributed by atoms with Gasteiger partial charge in [-0.05, 0) is 39.0 Å². The summed E-state index contributed by atoms with van der Waals surface area (Å²) in [5, 5.41) is 0.122. The number of hydrogen-bond acceptors (Lipinski definition) is 2. The Morgan fingerprint density at radius 2 is 1.89 bits per heavy atom. The lowest BCUT2D eigenvalue weighted by atomic mass is 10.1. The largest absolute Gasteiger partial charge is 0.455 e. The molecule has 0 atom stereocenters.